The molecule has 16 heavy (non-hydrogen) atoms. The Labute approximate surface area is 101 Å². The van der Waals surface area contributed by atoms with Crippen molar-refractivity contribution in [2.45, 2.75) is 19.7 Å². The number of nitrogens with zero attached hydrogens (tertiary/aromatic N) is 1. The Morgan fingerprint density at radius 3 is 2.38 bits per heavy atom. The van der Waals surface area contributed by atoms with Crippen molar-refractivity contribution in [3.8, 4) is 5.75 Å². The lowest BCUT2D eigenvalue weighted by Gasteiger charge is -2.15. The summed E-state index contributed by atoms with van der Waals surface area (Å²) in [6, 6.07) is 0. The number of aromatic nitrogens is 1. The Balaban J connectivity index is 3.29. The summed E-state index contributed by atoms with van der Waals surface area (Å²) in [5.74, 6) is -0.873. The van der Waals surface area contributed by atoms with E-state index in [1.54, 1.807) is 0 Å². The Morgan fingerprint density at radius 1 is 1.38 bits per heavy atom. The van der Waals surface area contributed by atoms with Crippen LogP contribution in [0, 0.1) is 10.6 Å². The third kappa shape index (κ3) is 3.16. The number of rotatable bonds is 2. The topological polar surface area (TPSA) is 22.1 Å². The molecule has 0 spiro atoms. The molecule has 90 valence electrons. The van der Waals surface area contributed by atoms with Gasteiger partial charge >= 0.3 is 6.36 Å². The number of hydrogen-bond acceptors (Lipinski definition) is 2. The molecule has 0 unspecified atom stereocenters. The molecule has 0 aliphatic rings. The zero-order valence-electron chi connectivity index (χ0n) is 7.78. The van der Waals surface area contributed by atoms with E-state index in [2.05, 4.69) is 9.72 Å². The predicted molar refractivity (Wildman–Crippen MR) is 53.3 cm³/mol. The molecule has 0 amide bonds. The van der Waals surface area contributed by atoms with Gasteiger partial charge in [-0.05, 0) is 29.5 Å². The Bertz CT molecular complexity index is 393. The molecular formula is C8H5F5INO. The summed E-state index contributed by atoms with van der Waals surface area (Å²) in [4.78, 5) is 3.55. The number of hydrogen-bond donors (Lipinski definition) is 0. The van der Waals surface area contributed by atoms with Crippen molar-refractivity contribution in [1.82, 2.24) is 4.98 Å². The molecule has 1 aromatic rings. The van der Waals surface area contributed by atoms with Crippen LogP contribution in [0.1, 0.15) is 17.6 Å². The van der Waals surface area contributed by atoms with Gasteiger partial charge in [0.25, 0.3) is 6.43 Å². The van der Waals surface area contributed by atoms with Crippen molar-refractivity contribution < 1.29 is 26.7 Å². The van der Waals surface area contributed by atoms with Gasteiger partial charge in [0.2, 0.25) is 0 Å². The van der Waals surface area contributed by atoms with Gasteiger partial charge in [0, 0.05) is 11.8 Å². The summed E-state index contributed by atoms with van der Waals surface area (Å²) in [7, 11) is 0. The first kappa shape index (κ1) is 13.4. The van der Waals surface area contributed by atoms with E-state index in [9.17, 15) is 22.0 Å². The lowest BCUT2D eigenvalue weighted by molar-refractivity contribution is -0.275. The second-order valence-corrected chi connectivity index (χ2v) is 3.85. The maximum atomic E-state index is 12.6. The second kappa shape index (κ2) is 4.68. The number of pyridine rings is 1. The van der Waals surface area contributed by atoms with Crippen LogP contribution in [0.25, 0.3) is 0 Å². The highest BCUT2D eigenvalue weighted by atomic mass is 127. The van der Waals surface area contributed by atoms with E-state index in [1.807, 2.05) is 0 Å². The van der Waals surface area contributed by atoms with Crippen LogP contribution in [0.3, 0.4) is 0 Å². The summed E-state index contributed by atoms with van der Waals surface area (Å²) in [6.45, 7) is 1.22. The summed E-state index contributed by atoms with van der Waals surface area (Å²) in [5, 5.41) is 0. The highest BCUT2D eigenvalue weighted by molar-refractivity contribution is 14.1. The van der Waals surface area contributed by atoms with Gasteiger partial charge in [-0.2, -0.15) is 0 Å². The summed E-state index contributed by atoms with van der Waals surface area (Å²) < 4.78 is 64.5. The number of ether oxygens (including phenoxy) is 1. The largest absolute Gasteiger partial charge is 0.573 e. The van der Waals surface area contributed by atoms with Crippen LogP contribution in [-0.2, 0) is 0 Å². The SMILES string of the molecule is Cc1cnc(I)c(C(F)F)c1OC(F)(F)F. The summed E-state index contributed by atoms with van der Waals surface area (Å²) >= 11 is 1.43. The lowest BCUT2D eigenvalue weighted by atomic mass is 10.2. The lowest BCUT2D eigenvalue weighted by Crippen LogP contribution is -2.19. The van der Waals surface area contributed by atoms with Crippen molar-refractivity contribution in [1.29, 1.82) is 0 Å². The van der Waals surface area contributed by atoms with Gasteiger partial charge in [-0.3, -0.25) is 0 Å². The van der Waals surface area contributed by atoms with Crippen LogP contribution in [0.2, 0.25) is 0 Å². The van der Waals surface area contributed by atoms with E-state index < -0.39 is 24.1 Å². The standard InChI is InChI=1S/C8H5F5INO/c1-3-2-15-7(14)4(6(9)10)5(3)16-8(11,12)13/h2,6H,1H3. The zero-order chi connectivity index (χ0) is 12.5. The van der Waals surface area contributed by atoms with E-state index >= 15 is 0 Å². The van der Waals surface area contributed by atoms with Gasteiger partial charge in [-0.25, -0.2) is 13.8 Å². The molecule has 0 fully saturated rings. The normalized spacial score (nSPS) is 12.0. The molecule has 1 heterocycles. The molecule has 8 heteroatoms. The minimum atomic E-state index is -5.00. The van der Waals surface area contributed by atoms with E-state index in [1.165, 1.54) is 29.5 Å². The molecule has 0 saturated carbocycles. The molecule has 0 saturated heterocycles. The Hall–Kier alpha value is -0.670. The van der Waals surface area contributed by atoms with E-state index in [4.69, 9.17) is 0 Å². The molecule has 0 radical (unpaired) electrons. The van der Waals surface area contributed by atoms with Crippen LogP contribution in [0.5, 0.6) is 5.75 Å². The van der Waals surface area contributed by atoms with Crippen LogP contribution in [0.4, 0.5) is 22.0 Å². The van der Waals surface area contributed by atoms with E-state index in [0.29, 0.717) is 0 Å². The van der Waals surface area contributed by atoms with Gasteiger partial charge in [0.1, 0.15) is 9.45 Å². The predicted octanol–water partition coefficient (Wildman–Crippen LogP) is 3.83. The van der Waals surface area contributed by atoms with E-state index in [-0.39, 0.29) is 9.26 Å². The first-order valence-corrected chi connectivity index (χ1v) is 4.99. The monoisotopic (exact) mass is 353 g/mol. The summed E-state index contributed by atoms with van der Waals surface area (Å²) in [5.41, 5.74) is -0.925. The molecule has 0 atom stereocenters. The molecule has 0 aromatic carbocycles. The van der Waals surface area contributed by atoms with Gasteiger partial charge in [0.15, 0.2) is 0 Å². The van der Waals surface area contributed by atoms with Gasteiger partial charge < -0.3 is 4.74 Å². The highest BCUT2D eigenvalue weighted by Gasteiger charge is 2.35. The first-order valence-electron chi connectivity index (χ1n) is 3.91. The molecular weight excluding hydrogens is 348 g/mol. The van der Waals surface area contributed by atoms with Gasteiger partial charge in [-0.1, -0.05) is 0 Å². The molecule has 0 bridgehead atoms. The fourth-order valence-electron chi connectivity index (χ4n) is 1.03. The number of halogens is 6. The van der Waals surface area contributed by atoms with Crippen LogP contribution < -0.4 is 4.74 Å². The van der Waals surface area contributed by atoms with Crippen molar-refractivity contribution >= 4 is 22.6 Å². The first-order chi connectivity index (χ1) is 7.22. The molecule has 0 aliphatic carbocycles. The maximum absolute atomic E-state index is 12.6. The molecule has 1 aromatic heterocycles. The Kier molecular flexibility index (Phi) is 3.92. The van der Waals surface area contributed by atoms with Gasteiger partial charge in [0.05, 0.1) is 5.56 Å². The second-order valence-electron chi connectivity index (χ2n) is 2.82. The zero-order valence-corrected chi connectivity index (χ0v) is 9.94. The number of alkyl halides is 5. The van der Waals surface area contributed by atoms with Crippen molar-refractivity contribution in [3.63, 3.8) is 0 Å². The van der Waals surface area contributed by atoms with E-state index in [0.717, 1.165) is 6.20 Å². The third-order valence-corrected chi connectivity index (χ3v) is 2.49. The van der Waals surface area contributed by atoms with Crippen LogP contribution in [-0.4, -0.2) is 11.3 Å². The Morgan fingerprint density at radius 2 is 1.94 bits per heavy atom. The van der Waals surface area contributed by atoms with Crippen LogP contribution >= 0.6 is 22.6 Å². The maximum Gasteiger partial charge on any atom is 0.573 e. The molecule has 1 rings (SSSR count). The third-order valence-electron chi connectivity index (χ3n) is 1.63. The fraction of sp³-hybridized carbons (Fsp3) is 0.375. The summed E-state index contributed by atoms with van der Waals surface area (Å²) in [6.07, 6.45) is -7.02. The van der Waals surface area contributed by atoms with Gasteiger partial charge in [-0.15, -0.1) is 13.2 Å². The fourth-order valence-corrected chi connectivity index (χ4v) is 1.65. The molecule has 0 aliphatic heterocycles. The number of aryl methyl sites for hydroxylation is 1. The molecule has 2 nitrogen and oxygen atoms in total. The van der Waals surface area contributed by atoms with Crippen LogP contribution in [0.15, 0.2) is 6.20 Å². The van der Waals surface area contributed by atoms with Crippen molar-refractivity contribution in [2.24, 2.45) is 0 Å². The quantitative estimate of drug-likeness (QED) is 0.458. The molecule has 0 N–H and O–H groups in total. The minimum Gasteiger partial charge on any atom is -0.405 e. The van der Waals surface area contributed by atoms with Crippen molar-refractivity contribution in [3.05, 3.63) is 21.0 Å². The highest BCUT2D eigenvalue weighted by Crippen LogP contribution is 2.37. The average Bonchev–Trinajstić information content (AvgIpc) is 2.08. The minimum absolute atomic E-state index is 0.0898. The average molecular weight is 353 g/mol. The van der Waals surface area contributed by atoms with Crippen molar-refractivity contribution in [2.75, 3.05) is 0 Å². The smallest absolute Gasteiger partial charge is 0.405 e.